The van der Waals surface area contributed by atoms with Crippen LogP contribution in [0.1, 0.15) is 32.3 Å². The molecule has 0 radical (unpaired) electrons. The maximum Gasteiger partial charge on any atom is 0.416 e. The van der Waals surface area contributed by atoms with Crippen LogP contribution in [0.25, 0.3) is 0 Å². The van der Waals surface area contributed by atoms with Crippen molar-refractivity contribution in [3.63, 3.8) is 0 Å². The molecule has 0 atom stereocenters. The van der Waals surface area contributed by atoms with Crippen LogP contribution in [-0.2, 0) is 21.0 Å². The van der Waals surface area contributed by atoms with Gasteiger partial charge in [0, 0.05) is 19.5 Å². The molecule has 1 aromatic rings. The Bertz CT molecular complexity index is 671. The molecule has 0 fully saturated rings. The van der Waals surface area contributed by atoms with Crippen molar-refractivity contribution in [2.24, 2.45) is 5.92 Å². The summed E-state index contributed by atoms with van der Waals surface area (Å²) < 4.78 is 62.5. The van der Waals surface area contributed by atoms with Gasteiger partial charge in [0.2, 0.25) is 15.9 Å². The maximum absolute atomic E-state index is 12.6. The molecule has 1 aromatic carbocycles. The van der Waals surface area contributed by atoms with Gasteiger partial charge in [-0.05, 0) is 36.6 Å². The van der Waals surface area contributed by atoms with Gasteiger partial charge in [0.05, 0.1) is 17.5 Å². The molecule has 142 valence electrons. The largest absolute Gasteiger partial charge is 0.416 e. The number of halogens is 3. The van der Waals surface area contributed by atoms with Crippen LogP contribution < -0.4 is 9.62 Å². The molecular formula is C16H23F3N2O3S. The number of carbonyl (C=O) groups excluding carboxylic acids is 1. The molecule has 5 nitrogen and oxygen atoms in total. The average Bonchev–Trinajstić information content (AvgIpc) is 2.45. The van der Waals surface area contributed by atoms with Crippen molar-refractivity contribution in [1.82, 2.24) is 5.32 Å². The number of nitrogens with zero attached hydrogens (tertiary/aromatic N) is 1. The van der Waals surface area contributed by atoms with Crippen LogP contribution in [0.15, 0.2) is 24.3 Å². The van der Waals surface area contributed by atoms with E-state index in [1.165, 1.54) is 0 Å². The number of anilines is 1. The van der Waals surface area contributed by atoms with Gasteiger partial charge in [-0.25, -0.2) is 8.42 Å². The Morgan fingerprint density at radius 3 is 2.20 bits per heavy atom. The zero-order chi connectivity index (χ0) is 19.3. The number of alkyl halides is 3. The van der Waals surface area contributed by atoms with Gasteiger partial charge in [0.1, 0.15) is 0 Å². The minimum absolute atomic E-state index is 0.0772. The molecule has 1 rings (SSSR count). The number of carbonyl (C=O) groups is 1. The van der Waals surface area contributed by atoms with Crippen LogP contribution in [0.4, 0.5) is 18.9 Å². The van der Waals surface area contributed by atoms with Crippen LogP contribution in [-0.4, -0.2) is 33.7 Å². The predicted molar refractivity (Wildman–Crippen MR) is 90.7 cm³/mol. The van der Waals surface area contributed by atoms with E-state index in [1.807, 2.05) is 13.8 Å². The molecule has 0 bridgehead atoms. The minimum atomic E-state index is -4.50. The Morgan fingerprint density at radius 1 is 1.20 bits per heavy atom. The molecular weight excluding hydrogens is 357 g/mol. The van der Waals surface area contributed by atoms with Crippen molar-refractivity contribution in [1.29, 1.82) is 0 Å². The Kier molecular flexibility index (Phi) is 7.28. The fourth-order valence-corrected chi connectivity index (χ4v) is 3.02. The molecule has 0 saturated carbocycles. The second kappa shape index (κ2) is 8.55. The molecule has 0 aliphatic heterocycles. The number of hydrogen-bond acceptors (Lipinski definition) is 3. The molecule has 9 heteroatoms. The highest BCUT2D eigenvalue weighted by atomic mass is 32.2. The fourth-order valence-electron chi connectivity index (χ4n) is 2.09. The lowest BCUT2D eigenvalue weighted by molar-refractivity contribution is -0.137. The van der Waals surface area contributed by atoms with Crippen LogP contribution in [0, 0.1) is 5.92 Å². The molecule has 25 heavy (non-hydrogen) atoms. The van der Waals surface area contributed by atoms with Gasteiger partial charge in [0.15, 0.2) is 0 Å². The highest BCUT2D eigenvalue weighted by Crippen LogP contribution is 2.31. The van der Waals surface area contributed by atoms with Gasteiger partial charge in [-0.2, -0.15) is 13.2 Å². The van der Waals surface area contributed by atoms with E-state index in [9.17, 15) is 26.4 Å². The van der Waals surface area contributed by atoms with Crippen LogP contribution in [0.3, 0.4) is 0 Å². The Balaban J connectivity index is 2.78. The van der Waals surface area contributed by atoms with Gasteiger partial charge in [-0.3, -0.25) is 9.10 Å². The van der Waals surface area contributed by atoms with E-state index in [2.05, 4.69) is 5.32 Å². The van der Waals surface area contributed by atoms with Crippen molar-refractivity contribution in [3.8, 4) is 0 Å². The average molecular weight is 380 g/mol. The molecule has 0 spiro atoms. The normalized spacial score (nSPS) is 12.3. The fraction of sp³-hybridized carbons (Fsp3) is 0.562. The second-order valence-electron chi connectivity index (χ2n) is 6.16. The lowest BCUT2D eigenvalue weighted by atomic mass is 10.1. The van der Waals surface area contributed by atoms with Crippen molar-refractivity contribution in [2.75, 3.05) is 23.7 Å². The van der Waals surface area contributed by atoms with E-state index in [-0.39, 0.29) is 24.6 Å². The molecule has 0 unspecified atom stereocenters. The van der Waals surface area contributed by atoms with Crippen molar-refractivity contribution in [3.05, 3.63) is 29.8 Å². The molecule has 0 aliphatic carbocycles. The van der Waals surface area contributed by atoms with Crippen molar-refractivity contribution < 1.29 is 26.4 Å². The predicted octanol–water partition coefficient (Wildman–Crippen LogP) is 3.02. The van der Waals surface area contributed by atoms with Gasteiger partial charge >= 0.3 is 6.18 Å². The van der Waals surface area contributed by atoms with Gasteiger partial charge in [-0.15, -0.1) is 0 Å². The van der Waals surface area contributed by atoms with Crippen molar-refractivity contribution >= 4 is 21.6 Å². The number of amides is 1. The van der Waals surface area contributed by atoms with E-state index in [4.69, 9.17) is 0 Å². The molecule has 1 amide bonds. The van der Waals surface area contributed by atoms with E-state index < -0.39 is 21.8 Å². The SMILES string of the molecule is CC(C)CCNC(=O)CCN(c1ccc(C(F)(F)F)cc1)S(C)(=O)=O. The van der Waals surface area contributed by atoms with Gasteiger partial charge < -0.3 is 5.32 Å². The monoisotopic (exact) mass is 380 g/mol. The summed E-state index contributed by atoms with van der Waals surface area (Å²) in [6, 6.07) is 3.80. The summed E-state index contributed by atoms with van der Waals surface area (Å²) in [5, 5.41) is 2.69. The van der Waals surface area contributed by atoms with E-state index in [1.54, 1.807) is 0 Å². The number of rotatable bonds is 8. The second-order valence-corrected chi connectivity index (χ2v) is 8.07. The molecule has 0 aliphatic rings. The zero-order valence-corrected chi connectivity index (χ0v) is 15.2. The Labute approximate surface area is 146 Å². The molecule has 1 N–H and O–H groups in total. The number of hydrogen-bond donors (Lipinski definition) is 1. The highest BCUT2D eigenvalue weighted by molar-refractivity contribution is 7.92. The number of nitrogens with one attached hydrogen (secondary N) is 1. The first-order chi connectivity index (χ1) is 11.4. The van der Waals surface area contributed by atoms with E-state index >= 15 is 0 Å². The molecule has 0 heterocycles. The van der Waals surface area contributed by atoms with Crippen LogP contribution >= 0.6 is 0 Å². The third-order valence-corrected chi connectivity index (χ3v) is 4.66. The van der Waals surface area contributed by atoms with Gasteiger partial charge in [-0.1, -0.05) is 13.8 Å². The van der Waals surface area contributed by atoms with Crippen LogP contribution in [0.5, 0.6) is 0 Å². The van der Waals surface area contributed by atoms with Crippen LogP contribution in [0.2, 0.25) is 0 Å². The zero-order valence-electron chi connectivity index (χ0n) is 14.4. The first kappa shape index (κ1) is 21.3. The first-order valence-electron chi connectivity index (χ1n) is 7.83. The standard InChI is InChI=1S/C16H23F3N2O3S/c1-12(2)8-10-20-15(22)9-11-21(25(3,23)24)14-6-4-13(5-7-14)16(17,18)19/h4-7,12H,8-11H2,1-3H3,(H,20,22). The minimum Gasteiger partial charge on any atom is -0.356 e. The summed E-state index contributed by atoms with van der Waals surface area (Å²) in [6.07, 6.45) is -2.82. The quantitative estimate of drug-likeness (QED) is 0.754. The Hall–Kier alpha value is -1.77. The third-order valence-electron chi connectivity index (χ3n) is 3.47. The number of sulfonamides is 1. The summed E-state index contributed by atoms with van der Waals surface area (Å²) in [5.41, 5.74) is -0.776. The van der Waals surface area contributed by atoms with Crippen molar-refractivity contribution in [2.45, 2.75) is 32.9 Å². The summed E-state index contributed by atoms with van der Waals surface area (Å²) >= 11 is 0. The lowest BCUT2D eigenvalue weighted by Gasteiger charge is -2.22. The topological polar surface area (TPSA) is 66.5 Å². The third kappa shape index (κ3) is 7.33. The summed E-state index contributed by atoms with van der Waals surface area (Å²) in [4.78, 5) is 11.8. The molecule has 0 aromatic heterocycles. The summed E-state index contributed by atoms with van der Waals surface area (Å²) in [7, 11) is -3.72. The van der Waals surface area contributed by atoms with Gasteiger partial charge in [0.25, 0.3) is 0 Å². The maximum atomic E-state index is 12.6. The summed E-state index contributed by atoms with van der Waals surface area (Å²) in [5.74, 6) is 0.126. The highest BCUT2D eigenvalue weighted by Gasteiger charge is 2.30. The smallest absolute Gasteiger partial charge is 0.356 e. The molecule has 0 saturated heterocycles. The Morgan fingerprint density at radius 2 is 1.76 bits per heavy atom. The van der Waals surface area contributed by atoms with E-state index in [0.717, 1.165) is 41.2 Å². The van der Waals surface area contributed by atoms with E-state index in [0.29, 0.717) is 12.5 Å². The first-order valence-corrected chi connectivity index (χ1v) is 9.67. The number of benzene rings is 1. The summed E-state index contributed by atoms with van der Waals surface area (Å²) in [6.45, 7) is 4.39. The lowest BCUT2D eigenvalue weighted by Crippen LogP contribution is -2.35.